The van der Waals surface area contributed by atoms with Crippen molar-refractivity contribution in [2.45, 2.75) is 12.8 Å². The smallest absolute Gasteiger partial charge is 0.258 e. The summed E-state index contributed by atoms with van der Waals surface area (Å²) in [4.78, 5) is 27.1. The minimum absolute atomic E-state index is 0.280. The molecule has 1 aliphatic heterocycles. The van der Waals surface area contributed by atoms with E-state index in [4.69, 9.17) is 5.73 Å². The van der Waals surface area contributed by atoms with Gasteiger partial charge < -0.3 is 15.5 Å². The van der Waals surface area contributed by atoms with E-state index in [0.29, 0.717) is 16.9 Å². The second-order valence-corrected chi connectivity index (χ2v) is 6.14. The summed E-state index contributed by atoms with van der Waals surface area (Å²) < 4.78 is 14.4. The Bertz CT molecular complexity index is 799. The van der Waals surface area contributed by atoms with Crippen LogP contribution in [0.5, 0.6) is 0 Å². The molecule has 2 N–H and O–H groups in total. The molecule has 0 aromatic heterocycles. The fourth-order valence-electron chi connectivity index (χ4n) is 3.01. The van der Waals surface area contributed by atoms with Crippen LogP contribution in [-0.2, 0) is 0 Å². The molecule has 0 bridgehead atoms. The van der Waals surface area contributed by atoms with Gasteiger partial charge in [0.1, 0.15) is 5.82 Å². The molecule has 0 radical (unpaired) electrons. The molecule has 2 aromatic rings. The standard InChI is InChI=1S/C19H20FN3O2/c1-22(15-7-4-13(5-8-15)18(21)24)19(25)14-6-9-17(16(20)12-14)23-10-2-3-11-23/h4-9,12H,2-3,10-11H2,1H3,(H2,21,24). The zero-order valence-corrected chi connectivity index (χ0v) is 14.0. The van der Waals surface area contributed by atoms with Crippen LogP contribution < -0.4 is 15.5 Å². The number of nitrogens with zero attached hydrogens (tertiary/aromatic N) is 2. The first-order valence-electron chi connectivity index (χ1n) is 8.20. The number of hydrogen-bond acceptors (Lipinski definition) is 3. The van der Waals surface area contributed by atoms with Crippen LogP contribution >= 0.6 is 0 Å². The summed E-state index contributed by atoms with van der Waals surface area (Å²) in [6, 6.07) is 11.0. The van der Waals surface area contributed by atoms with Crippen LogP contribution in [0.25, 0.3) is 0 Å². The molecule has 0 saturated carbocycles. The lowest BCUT2D eigenvalue weighted by molar-refractivity contribution is 0.0989. The predicted octanol–water partition coefficient (Wildman–Crippen LogP) is 2.80. The van der Waals surface area contributed by atoms with Gasteiger partial charge in [0.25, 0.3) is 5.91 Å². The SMILES string of the molecule is CN(C(=O)c1ccc(N2CCCC2)c(F)c1)c1ccc(C(N)=O)cc1. The Balaban J connectivity index is 1.79. The number of nitrogens with two attached hydrogens (primary N) is 1. The maximum absolute atomic E-state index is 14.4. The Kier molecular flexibility index (Phi) is 4.70. The molecule has 5 nitrogen and oxygen atoms in total. The number of hydrogen-bond donors (Lipinski definition) is 1. The molecule has 0 unspecified atom stereocenters. The van der Waals surface area contributed by atoms with Crippen molar-refractivity contribution in [1.82, 2.24) is 0 Å². The van der Waals surface area contributed by atoms with Gasteiger partial charge in [0, 0.05) is 37.0 Å². The minimum atomic E-state index is -0.528. The van der Waals surface area contributed by atoms with Crippen LogP contribution in [0.1, 0.15) is 33.6 Å². The largest absolute Gasteiger partial charge is 0.369 e. The van der Waals surface area contributed by atoms with E-state index in [9.17, 15) is 14.0 Å². The summed E-state index contributed by atoms with van der Waals surface area (Å²) in [5, 5.41) is 0. The first kappa shape index (κ1) is 17.0. The molecule has 25 heavy (non-hydrogen) atoms. The molecular weight excluding hydrogens is 321 g/mol. The van der Waals surface area contributed by atoms with E-state index in [1.54, 1.807) is 43.4 Å². The monoisotopic (exact) mass is 341 g/mol. The van der Waals surface area contributed by atoms with E-state index in [1.165, 1.54) is 11.0 Å². The van der Waals surface area contributed by atoms with Gasteiger partial charge in [0.15, 0.2) is 0 Å². The maximum atomic E-state index is 14.4. The van der Waals surface area contributed by atoms with Crippen molar-refractivity contribution < 1.29 is 14.0 Å². The number of benzene rings is 2. The van der Waals surface area contributed by atoms with E-state index in [0.717, 1.165) is 25.9 Å². The normalized spacial score (nSPS) is 13.8. The molecular formula is C19H20FN3O2. The third-order valence-corrected chi connectivity index (χ3v) is 4.49. The molecule has 1 heterocycles. The third kappa shape index (κ3) is 3.47. The molecule has 1 aliphatic rings. The average Bonchev–Trinajstić information content (AvgIpc) is 3.14. The van der Waals surface area contributed by atoms with Crippen molar-refractivity contribution >= 4 is 23.2 Å². The number of carbonyl (C=O) groups is 2. The van der Waals surface area contributed by atoms with E-state index in [-0.39, 0.29) is 17.3 Å². The van der Waals surface area contributed by atoms with Gasteiger partial charge in [-0.1, -0.05) is 0 Å². The van der Waals surface area contributed by atoms with Crippen LogP contribution in [0.3, 0.4) is 0 Å². The van der Waals surface area contributed by atoms with E-state index in [2.05, 4.69) is 0 Å². The van der Waals surface area contributed by atoms with E-state index < -0.39 is 5.91 Å². The zero-order chi connectivity index (χ0) is 18.0. The molecule has 3 rings (SSSR count). The first-order chi connectivity index (χ1) is 12.0. The number of primary amides is 1. The minimum Gasteiger partial charge on any atom is -0.369 e. The van der Waals surface area contributed by atoms with Crippen LogP contribution in [0, 0.1) is 5.82 Å². The topological polar surface area (TPSA) is 66.6 Å². The zero-order valence-electron chi connectivity index (χ0n) is 14.0. The van der Waals surface area contributed by atoms with Crippen molar-refractivity contribution in [2.75, 3.05) is 29.9 Å². The lowest BCUT2D eigenvalue weighted by atomic mass is 10.1. The van der Waals surface area contributed by atoms with Gasteiger partial charge in [-0.15, -0.1) is 0 Å². The summed E-state index contributed by atoms with van der Waals surface area (Å²) in [5.74, 6) is -1.23. The van der Waals surface area contributed by atoms with Gasteiger partial charge in [-0.2, -0.15) is 0 Å². The van der Waals surface area contributed by atoms with Crippen LogP contribution in [0.15, 0.2) is 42.5 Å². The lowest BCUT2D eigenvalue weighted by Gasteiger charge is -2.20. The molecule has 2 amide bonds. The van der Waals surface area contributed by atoms with Gasteiger partial charge >= 0.3 is 0 Å². The van der Waals surface area contributed by atoms with Crippen molar-refractivity contribution in [3.63, 3.8) is 0 Å². The number of anilines is 2. The summed E-state index contributed by atoms with van der Waals surface area (Å²) >= 11 is 0. The van der Waals surface area contributed by atoms with Gasteiger partial charge in [-0.3, -0.25) is 9.59 Å². The Hall–Kier alpha value is -2.89. The predicted molar refractivity (Wildman–Crippen MR) is 95.5 cm³/mol. The molecule has 2 aromatic carbocycles. The summed E-state index contributed by atoms with van der Waals surface area (Å²) in [6.45, 7) is 1.69. The highest BCUT2D eigenvalue weighted by molar-refractivity contribution is 6.06. The Morgan fingerprint density at radius 2 is 1.64 bits per heavy atom. The average molecular weight is 341 g/mol. The molecule has 6 heteroatoms. The van der Waals surface area contributed by atoms with E-state index >= 15 is 0 Å². The molecule has 0 atom stereocenters. The van der Waals surface area contributed by atoms with Crippen molar-refractivity contribution in [1.29, 1.82) is 0 Å². The molecule has 1 saturated heterocycles. The Morgan fingerprint density at radius 3 is 2.20 bits per heavy atom. The maximum Gasteiger partial charge on any atom is 0.258 e. The number of halogens is 1. The molecule has 0 aliphatic carbocycles. The summed E-state index contributed by atoms with van der Waals surface area (Å²) in [6.07, 6.45) is 2.12. The van der Waals surface area contributed by atoms with E-state index in [1.807, 2.05) is 4.90 Å². The molecule has 0 spiro atoms. The van der Waals surface area contributed by atoms with Crippen LogP contribution in [0.2, 0.25) is 0 Å². The summed E-state index contributed by atoms with van der Waals surface area (Å²) in [5.41, 5.74) is 6.99. The fourth-order valence-corrected chi connectivity index (χ4v) is 3.01. The Labute approximate surface area is 145 Å². The lowest BCUT2D eigenvalue weighted by Crippen LogP contribution is -2.27. The second-order valence-electron chi connectivity index (χ2n) is 6.14. The van der Waals surface area contributed by atoms with Crippen LogP contribution in [0.4, 0.5) is 15.8 Å². The van der Waals surface area contributed by atoms with Gasteiger partial charge in [0.05, 0.1) is 5.69 Å². The van der Waals surface area contributed by atoms with Crippen molar-refractivity contribution in [3.8, 4) is 0 Å². The molecule has 130 valence electrons. The highest BCUT2D eigenvalue weighted by Crippen LogP contribution is 2.25. The number of rotatable bonds is 4. The highest BCUT2D eigenvalue weighted by atomic mass is 19.1. The van der Waals surface area contributed by atoms with Gasteiger partial charge in [-0.25, -0.2) is 4.39 Å². The first-order valence-corrected chi connectivity index (χ1v) is 8.20. The Morgan fingerprint density at radius 1 is 1.04 bits per heavy atom. The number of amides is 2. The highest BCUT2D eigenvalue weighted by Gasteiger charge is 2.19. The van der Waals surface area contributed by atoms with Crippen molar-refractivity contribution in [3.05, 3.63) is 59.4 Å². The van der Waals surface area contributed by atoms with Crippen molar-refractivity contribution in [2.24, 2.45) is 5.73 Å². The summed E-state index contributed by atoms with van der Waals surface area (Å²) in [7, 11) is 1.61. The quantitative estimate of drug-likeness (QED) is 0.930. The van der Waals surface area contributed by atoms with Crippen LogP contribution in [-0.4, -0.2) is 32.0 Å². The second kappa shape index (κ2) is 6.93. The molecule has 1 fully saturated rings. The fraction of sp³-hybridized carbons (Fsp3) is 0.263. The van der Waals surface area contributed by atoms with Gasteiger partial charge in [-0.05, 0) is 55.3 Å². The third-order valence-electron chi connectivity index (χ3n) is 4.49. The van der Waals surface area contributed by atoms with Gasteiger partial charge in [0.2, 0.25) is 5.91 Å². The number of carbonyl (C=O) groups excluding carboxylic acids is 2.